The van der Waals surface area contributed by atoms with Crippen LogP contribution in [0, 0.1) is 0 Å². The Kier molecular flexibility index (Phi) is 8.04. The van der Waals surface area contributed by atoms with Crippen LogP contribution >= 0.6 is 11.3 Å². The average molecular weight is 746 g/mol. The average Bonchev–Trinajstić information content (AvgIpc) is 3.86. The SMILES string of the molecule is c1ccc(-c2ccc(-c3ccc(N(c4ccc(-c5ccccc5)c(-c5cccc6c5sc5ccccc56)c4)c4ccc5oc6ccccc6c5c4)cc3)cc2)cc1. The van der Waals surface area contributed by atoms with Crippen LogP contribution in [0.1, 0.15) is 0 Å². The van der Waals surface area contributed by atoms with Gasteiger partial charge in [-0.15, -0.1) is 11.3 Å². The molecule has 0 unspecified atom stereocenters. The normalized spacial score (nSPS) is 11.5. The predicted molar refractivity (Wildman–Crippen MR) is 243 cm³/mol. The zero-order valence-corrected chi connectivity index (χ0v) is 31.8. The van der Waals surface area contributed by atoms with Gasteiger partial charge < -0.3 is 9.32 Å². The molecular formula is C54H35NOS. The Balaban J connectivity index is 1.09. The van der Waals surface area contributed by atoms with E-state index in [0.29, 0.717) is 0 Å². The molecule has 0 aliphatic rings. The van der Waals surface area contributed by atoms with Crippen molar-refractivity contribution in [1.29, 1.82) is 0 Å². The van der Waals surface area contributed by atoms with Gasteiger partial charge in [0.15, 0.2) is 0 Å². The first-order chi connectivity index (χ1) is 28.2. The van der Waals surface area contributed by atoms with Crippen LogP contribution in [0.2, 0.25) is 0 Å². The maximum Gasteiger partial charge on any atom is 0.135 e. The molecule has 0 amide bonds. The Morgan fingerprint density at radius 2 is 0.860 bits per heavy atom. The van der Waals surface area contributed by atoms with Gasteiger partial charge in [0.25, 0.3) is 0 Å². The van der Waals surface area contributed by atoms with E-state index >= 15 is 0 Å². The quantitative estimate of drug-likeness (QED) is 0.162. The molecule has 0 bridgehead atoms. The second-order valence-electron chi connectivity index (χ2n) is 14.5. The van der Waals surface area contributed by atoms with E-state index in [-0.39, 0.29) is 0 Å². The molecule has 0 saturated carbocycles. The fourth-order valence-electron chi connectivity index (χ4n) is 8.31. The van der Waals surface area contributed by atoms with Crippen molar-refractivity contribution in [2.24, 2.45) is 0 Å². The second kappa shape index (κ2) is 13.8. The van der Waals surface area contributed by atoms with Crippen LogP contribution in [-0.2, 0) is 0 Å². The van der Waals surface area contributed by atoms with Gasteiger partial charge in [-0.2, -0.15) is 0 Å². The highest BCUT2D eigenvalue weighted by atomic mass is 32.1. The number of anilines is 3. The van der Waals surface area contributed by atoms with Gasteiger partial charge in [0.05, 0.1) is 0 Å². The minimum atomic E-state index is 0.880. The number of nitrogens with zero attached hydrogens (tertiary/aromatic N) is 1. The summed E-state index contributed by atoms with van der Waals surface area (Å²) in [5.41, 5.74) is 14.6. The largest absolute Gasteiger partial charge is 0.456 e. The lowest BCUT2D eigenvalue weighted by Crippen LogP contribution is -2.10. The van der Waals surface area contributed by atoms with Crippen LogP contribution in [0.15, 0.2) is 217 Å². The maximum atomic E-state index is 6.29. The van der Waals surface area contributed by atoms with E-state index in [2.05, 4.69) is 205 Å². The summed E-state index contributed by atoms with van der Waals surface area (Å²) >= 11 is 1.87. The summed E-state index contributed by atoms with van der Waals surface area (Å²) in [5.74, 6) is 0. The Morgan fingerprint density at radius 3 is 1.61 bits per heavy atom. The van der Waals surface area contributed by atoms with Gasteiger partial charge in [0.1, 0.15) is 11.2 Å². The number of fused-ring (bicyclic) bond motifs is 6. The van der Waals surface area contributed by atoms with Gasteiger partial charge in [-0.1, -0.05) is 158 Å². The summed E-state index contributed by atoms with van der Waals surface area (Å²) in [6.07, 6.45) is 0. The van der Waals surface area contributed by atoms with E-state index in [1.54, 1.807) is 0 Å². The fraction of sp³-hybridized carbons (Fsp3) is 0. The van der Waals surface area contributed by atoms with Crippen LogP contribution in [0.25, 0.3) is 86.6 Å². The standard InChI is InChI=1S/C54H35NOS/c1-3-12-36(13-4-1)37-22-24-38(25-23-37)39-26-28-41(29-27-39)55(43-31-33-52-50(35-43)45-16-7-9-20-51(45)56-52)42-30-32-44(40-14-5-2-6-15-40)49(34-42)48-19-11-18-47-46-17-8-10-21-53(46)57-54(47)48/h1-35H. The Hall–Kier alpha value is -7.20. The van der Waals surface area contributed by atoms with Crippen LogP contribution < -0.4 is 4.90 Å². The molecule has 2 nitrogen and oxygen atoms in total. The summed E-state index contributed by atoms with van der Waals surface area (Å²) in [6.45, 7) is 0. The highest BCUT2D eigenvalue weighted by molar-refractivity contribution is 7.26. The molecule has 268 valence electrons. The van der Waals surface area contributed by atoms with Gasteiger partial charge in [0, 0.05) is 53.6 Å². The number of rotatable bonds is 7. The maximum absolute atomic E-state index is 6.29. The number of para-hydroxylation sites is 1. The van der Waals surface area contributed by atoms with Crippen LogP contribution in [0.3, 0.4) is 0 Å². The van der Waals surface area contributed by atoms with E-state index in [1.807, 2.05) is 23.5 Å². The summed E-state index contributed by atoms with van der Waals surface area (Å²) in [4.78, 5) is 2.38. The van der Waals surface area contributed by atoms with Crippen LogP contribution in [0.5, 0.6) is 0 Å². The summed E-state index contributed by atoms with van der Waals surface area (Å²) in [7, 11) is 0. The molecule has 0 aliphatic carbocycles. The highest BCUT2D eigenvalue weighted by Crippen LogP contribution is 2.46. The van der Waals surface area contributed by atoms with Crippen LogP contribution in [0.4, 0.5) is 17.1 Å². The lowest BCUT2D eigenvalue weighted by atomic mass is 9.92. The topological polar surface area (TPSA) is 16.4 Å². The van der Waals surface area contributed by atoms with Gasteiger partial charge in [-0.3, -0.25) is 0 Å². The third kappa shape index (κ3) is 5.88. The third-order valence-electron chi connectivity index (χ3n) is 11.1. The van der Waals surface area contributed by atoms with E-state index in [9.17, 15) is 0 Å². The Bertz CT molecular complexity index is 3210. The van der Waals surface area contributed by atoms with Crippen molar-refractivity contribution in [2.45, 2.75) is 0 Å². The van der Waals surface area contributed by atoms with E-state index in [4.69, 9.17) is 4.42 Å². The lowest BCUT2D eigenvalue weighted by molar-refractivity contribution is 0.669. The number of hydrogen-bond acceptors (Lipinski definition) is 3. The minimum absolute atomic E-state index is 0.880. The van der Waals surface area contributed by atoms with Crippen molar-refractivity contribution in [2.75, 3.05) is 4.90 Å². The smallest absolute Gasteiger partial charge is 0.135 e. The Labute approximate surface area is 335 Å². The molecule has 0 N–H and O–H groups in total. The van der Waals surface area contributed by atoms with E-state index in [1.165, 1.54) is 64.7 Å². The second-order valence-corrected chi connectivity index (χ2v) is 15.5. The number of thiophene rings is 1. The van der Waals surface area contributed by atoms with Gasteiger partial charge in [-0.25, -0.2) is 0 Å². The molecule has 2 aromatic heterocycles. The van der Waals surface area contributed by atoms with Crippen molar-refractivity contribution in [3.63, 3.8) is 0 Å². The first kappa shape index (κ1) is 33.2. The number of hydrogen-bond donors (Lipinski definition) is 0. The Morgan fingerprint density at radius 1 is 0.316 bits per heavy atom. The molecule has 0 fully saturated rings. The summed E-state index contributed by atoms with van der Waals surface area (Å²) in [5, 5.41) is 4.80. The number of benzene rings is 9. The molecule has 0 atom stereocenters. The monoisotopic (exact) mass is 745 g/mol. The van der Waals surface area contributed by atoms with E-state index < -0.39 is 0 Å². The van der Waals surface area contributed by atoms with Crippen molar-refractivity contribution in [3.05, 3.63) is 212 Å². The molecular weight excluding hydrogens is 711 g/mol. The number of furan rings is 1. The highest BCUT2D eigenvalue weighted by Gasteiger charge is 2.20. The van der Waals surface area contributed by atoms with Crippen LogP contribution in [-0.4, -0.2) is 0 Å². The van der Waals surface area contributed by atoms with E-state index in [0.717, 1.165) is 39.0 Å². The minimum Gasteiger partial charge on any atom is -0.456 e. The molecule has 0 aliphatic heterocycles. The zero-order valence-electron chi connectivity index (χ0n) is 31.0. The fourth-order valence-corrected chi connectivity index (χ4v) is 9.54. The molecule has 0 spiro atoms. The van der Waals surface area contributed by atoms with Gasteiger partial charge >= 0.3 is 0 Å². The molecule has 11 rings (SSSR count). The van der Waals surface area contributed by atoms with Crippen molar-refractivity contribution in [1.82, 2.24) is 0 Å². The summed E-state index contributed by atoms with van der Waals surface area (Å²) in [6, 6.07) is 76.4. The predicted octanol–water partition coefficient (Wildman–Crippen LogP) is 16.1. The molecule has 11 aromatic rings. The zero-order chi connectivity index (χ0) is 37.7. The molecule has 2 heterocycles. The molecule has 0 radical (unpaired) electrons. The molecule has 0 saturated heterocycles. The van der Waals surface area contributed by atoms with Crippen molar-refractivity contribution < 1.29 is 4.42 Å². The third-order valence-corrected chi connectivity index (χ3v) is 12.3. The van der Waals surface area contributed by atoms with Crippen molar-refractivity contribution >= 4 is 70.5 Å². The molecule has 3 heteroatoms. The lowest BCUT2D eigenvalue weighted by Gasteiger charge is -2.27. The molecule has 9 aromatic carbocycles. The van der Waals surface area contributed by atoms with Gasteiger partial charge in [0.2, 0.25) is 0 Å². The first-order valence-electron chi connectivity index (χ1n) is 19.3. The summed E-state index contributed by atoms with van der Waals surface area (Å²) < 4.78 is 8.89. The first-order valence-corrected chi connectivity index (χ1v) is 20.1. The molecule has 57 heavy (non-hydrogen) atoms. The van der Waals surface area contributed by atoms with Gasteiger partial charge in [-0.05, 0) is 93.5 Å². The van der Waals surface area contributed by atoms with Crippen molar-refractivity contribution in [3.8, 4) is 44.5 Å².